The van der Waals surface area contributed by atoms with E-state index >= 15 is 0 Å². The highest BCUT2D eigenvalue weighted by molar-refractivity contribution is 7.07. The lowest BCUT2D eigenvalue weighted by molar-refractivity contribution is -0.113. The Morgan fingerprint density at radius 2 is 1.59 bits per heavy atom. The van der Waals surface area contributed by atoms with Crippen molar-refractivity contribution in [3.63, 3.8) is 0 Å². The van der Waals surface area contributed by atoms with Crippen LogP contribution < -0.4 is 29.7 Å². The molecule has 0 spiro atoms. The van der Waals surface area contributed by atoms with Crippen LogP contribution >= 0.6 is 11.3 Å². The molecule has 248 valence electrons. The second kappa shape index (κ2) is 15.0. The second-order valence-corrected chi connectivity index (χ2v) is 12.2. The summed E-state index contributed by atoms with van der Waals surface area (Å²) in [5.74, 6) is 0.575. The largest absolute Gasteiger partial charge is 0.494 e. The van der Waals surface area contributed by atoms with Gasteiger partial charge in [-0.3, -0.25) is 14.2 Å². The smallest absolute Gasteiger partial charge is 0.338 e. The lowest BCUT2D eigenvalue weighted by Crippen LogP contribution is -2.40. The van der Waals surface area contributed by atoms with Crippen molar-refractivity contribution < 1.29 is 23.8 Å². The highest BCUT2D eigenvalue weighted by Gasteiger charge is 2.32. The number of rotatable bonds is 11. The average Bonchev–Trinajstić information content (AvgIpc) is 3.42. The van der Waals surface area contributed by atoms with E-state index in [0.29, 0.717) is 62.1 Å². The number of amides is 1. The van der Waals surface area contributed by atoms with Crippen molar-refractivity contribution in [1.29, 1.82) is 0 Å². The van der Waals surface area contributed by atoms with Crippen LogP contribution in [0.25, 0.3) is 6.08 Å². The lowest BCUT2D eigenvalue weighted by Gasteiger charge is -2.25. The summed E-state index contributed by atoms with van der Waals surface area (Å²) in [6.45, 7) is 6.56. The van der Waals surface area contributed by atoms with Gasteiger partial charge in [0.2, 0.25) is 0 Å². The number of nitrogens with zero attached hydrogens (tertiary/aromatic N) is 2. The van der Waals surface area contributed by atoms with Crippen LogP contribution in [-0.2, 0) is 16.1 Å². The Balaban J connectivity index is 1.35. The second-order valence-electron chi connectivity index (χ2n) is 11.1. The van der Waals surface area contributed by atoms with Crippen LogP contribution in [0.5, 0.6) is 11.5 Å². The van der Waals surface area contributed by atoms with Gasteiger partial charge in [0, 0.05) is 11.3 Å². The summed E-state index contributed by atoms with van der Waals surface area (Å²) in [4.78, 5) is 45.4. The normalized spacial score (nSPS) is 14.1. The third kappa shape index (κ3) is 7.39. The predicted molar refractivity (Wildman–Crippen MR) is 190 cm³/mol. The van der Waals surface area contributed by atoms with Crippen molar-refractivity contribution >= 4 is 35.0 Å². The van der Waals surface area contributed by atoms with Crippen molar-refractivity contribution in [2.45, 2.75) is 33.4 Å². The topological polar surface area (TPSA) is 108 Å². The van der Waals surface area contributed by atoms with E-state index < -0.39 is 6.04 Å². The first-order valence-corrected chi connectivity index (χ1v) is 16.8. The molecule has 0 aliphatic carbocycles. The molecule has 1 amide bonds. The molecule has 5 aromatic rings. The number of nitrogens with one attached hydrogen (secondary N) is 1. The number of carbonyl (C=O) groups excluding carboxylic acids is 2. The molecule has 1 N–H and O–H groups in total. The van der Waals surface area contributed by atoms with Crippen LogP contribution in [-0.4, -0.2) is 29.7 Å². The highest BCUT2D eigenvalue weighted by atomic mass is 32.1. The number of benzene rings is 4. The molecule has 1 aliphatic heterocycles. The summed E-state index contributed by atoms with van der Waals surface area (Å²) in [5, 5.41) is 2.98. The number of allylic oxidation sites excluding steroid dienone is 1. The van der Waals surface area contributed by atoms with E-state index in [0.717, 1.165) is 11.1 Å². The summed E-state index contributed by atoms with van der Waals surface area (Å²) in [5.41, 5.74) is 4.08. The number of thiazole rings is 1. The van der Waals surface area contributed by atoms with E-state index in [1.807, 2.05) is 97.9 Å². The van der Waals surface area contributed by atoms with Gasteiger partial charge < -0.3 is 19.5 Å². The maximum atomic E-state index is 14.3. The zero-order valence-corrected chi connectivity index (χ0v) is 28.2. The van der Waals surface area contributed by atoms with Gasteiger partial charge in [-0.15, -0.1) is 0 Å². The minimum absolute atomic E-state index is 0.256. The van der Waals surface area contributed by atoms with Gasteiger partial charge in [-0.1, -0.05) is 72.0 Å². The van der Waals surface area contributed by atoms with Crippen molar-refractivity contribution in [2.24, 2.45) is 4.99 Å². The van der Waals surface area contributed by atoms with Crippen molar-refractivity contribution in [3.05, 3.63) is 156 Å². The van der Waals surface area contributed by atoms with Crippen molar-refractivity contribution in [1.82, 2.24) is 4.57 Å². The minimum atomic E-state index is -0.720. The van der Waals surface area contributed by atoms with E-state index in [-0.39, 0.29) is 24.0 Å². The van der Waals surface area contributed by atoms with Crippen LogP contribution in [0.4, 0.5) is 5.69 Å². The van der Waals surface area contributed by atoms with Gasteiger partial charge in [-0.05, 0) is 80.4 Å². The first-order chi connectivity index (χ1) is 23.9. The van der Waals surface area contributed by atoms with E-state index in [4.69, 9.17) is 19.2 Å². The molecule has 2 heterocycles. The number of esters is 1. The number of hydrogen-bond acceptors (Lipinski definition) is 8. The molecular weight excluding hydrogens is 639 g/mol. The number of anilines is 1. The lowest BCUT2D eigenvalue weighted by atomic mass is 9.95. The molecule has 1 aromatic heterocycles. The summed E-state index contributed by atoms with van der Waals surface area (Å²) in [6, 6.07) is 30.4. The number of ether oxygens (including phenoxy) is 3. The molecule has 0 saturated heterocycles. The quantitative estimate of drug-likeness (QED) is 0.172. The number of fused-ring (bicyclic) bond motifs is 1. The van der Waals surface area contributed by atoms with Crippen LogP contribution in [0.2, 0.25) is 0 Å². The fourth-order valence-electron chi connectivity index (χ4n) is 5.55. The number of para-hydroxylation sites is 2. The monoisotopic (exact) mass is 673 g/mol. The van der Waals surface area contributed by atoms with Crippen molar-refractivity contribution in [3.8, 4) is 11.5 Å². The number of aromatic nitrogens is 1. The molecule has 0 unspecified atom stereocenters. The van der Waals surface area contributed by atoms with Gasteiger partial charge in [0.25, 0.3) is 11.5 Å². The molecule has 49 heavy (non-hydrogen) atoms. The Labute approximate surface area is 287 Å². The predicted octanol–water partition coefficient (Wildman–Crippen LogP) is 6.03. The maximum Gasteiger partial charge on any atom is 0.338 e. The first kappa shape index (κ1) is 33.2. The maximum absolute atomic E-state index is 14.3. The van der Waals surface area contributed by atoms with Gasteiger partial charge in [-0.25, -0.2) is 9.79 Å². The molecule has 0 saturated carbocycles. The summed E-state index contributed by atoms with van der Waals surface area (Å²) < 4.78 is 18.9. The van der Waals surface area contributed by atoms with Crippen molar-refractivity contribution in [2.75, 3.05) is 18.5 Å². The molecule has 4 aromatic carbocycles. The number of carbonyl (C=O) groups is 2. The third-order valence-electron chi connectivity index (χ3n) is 7.87. The van der Waals surface area contributed by atoms with E-state index in [1.54, 1.807) is 36.6 Å². The standard InChI is InChI=1S/C39H35N3O6S/c1-4-46-31-21-19-27(20-22-31)35-34(36(43)41-30-12-7-6-8-13-30)25(3)40-39-42(35)37(44)33(49-39)23-29-11-9-10-14-32(29)48-24-26-15-17-28(18-16-26)38(45)47-5-2/h6-23,35H,4-5,24H2,1-3H3,(H,41,43)/b33-23-/t35-/m1/s1. The van der Waals surface area contributed by atoms with Gasteiger partial charge in [-0.2, -0.15) is 0 Å². The van der Waals surface area contributed by atoms with Gasteiger partial charge in [0.05, 0.1) is 40.6 Å². The molecular formula is C39H35N3O6S. The van der Waals surface area contributed by atoms with Gasteiger partial charge in [0.15, 0.2) is 4.80 Å². The Hall–Kier alpha value is -5.74. The molecule has 0 bridgehead atoms. The third-order valence-corrected chi connectivity index (χ3v) is 8.85. The Kier molecular flexibility index (Phi) is 10.2. The van der Waals surface area contributed by atoms with Gasteiger partial charge >= 0.3 is 5.97 Å². The molecule has 6 rings (SSSR count). The molecule has 1 atom stereocenters. The van der Waals surface area contributed by atoms with Crippen LogP contribution in [0.15, 0.2) is 124 Å². The molecule has 10 heteroatoms. The van der Waals surface area contributed by atoms with E-state index in [1.165, 1.54) is 11.3 Å². The number of hydrogen-bond donors (Lipinski definition) is 1. The summed E-state index contributed by atoms with van der Waals surface area (Å²) in [6.07, 6.45) is 1.79. The molecule has 0 fully saturated rings. The zero-order chi connectivity index (χ0) is 34.3. The summed E-state index contributed by atoms with van der Waals surface area (Å²) >= 11 is 1.26. The Morgan fingerprint density at radius 1 is 0.878 bits per heavy atom. The Morgan fingerprint density at radius 3 is 2.31 bits per heavy atom. The average molecular weight is 674 g/mol. The van der Waals surface area contributed by atoms with E-state index in [2.05, 4.69) is 5.32 Å². The Bertz CT molecular complexity index is 2190. The first-order valence-electron chi connectivity index (χ1n) is 16.0. The van der Waals surface area contributed by atoms with Crippen LogP contribution in [0.3, 0.4) is 0 Å². The molecule has 1 aliphatic rings. The summed E-state index contributed by atoms with van der Waals surface area (Å²) in [7, 11) is 0. The fraction of sp³-hybridized carbons (Fsp3) is 0.179. The SMILES string of the molecule is CCOC(=O)c1ccc(COc2ccccc2/C=c2\sc3n(c2=O)[C@H](c2ccc(OCC)cc2)C(C(=O)Nc2ccccc2)=C(C)N=3)cc1. The van der Waals surface area contributed by atoms with Gasteiger partial charge in [0.1, 0.15) is 18.1 Å². The molecule has 0 radical (unpaired) electrons. The fourth-order valence-corrected chi connectivity index (χ4v) is 6.58. The van der Waals surface area contributed by atoms with Crippen LogP contribution in [0.1, 0.15) is 53.9 Å². The zero-order valence-electron chi connectivity index (χ0n) is 27.3. The minimum Gasteiger partial charge on any atom is -0.494 e. The van der Waals surface area contributed by atoms with Crippen LogP contribution in [0, 0.1) is 0 Å². The van der Waals surface area contributed by atoms with E-state index in [9.17, 15) is 14.4 Å². The molecule has 9 nitrogen and oxygen atoms in total. The highest BCUT2D eigenvalue weighted by Crippen LogP contribution is 2.32.